The van der Waals surface area contributed by atoms with Gasteiger partial charge in [-0.05, 0) is 18.7 Å². The van der Waals surface area contributed by atoms with Gasteiger partial charge in [-0.1, -0.05) is 0 Å². The summed E-state index contributed by atoms with van der Waals surface area (Å²) >= 11 is 1.59. The molecule has 0 aromatic rings. The van der Waals surface area contributed by atoms with Gasteiger partial charge in [0.2, 0.25) is 0 Å². The SMILES string of the molecule is O=C(O)NC1NCCCS1. The van der Waals surface area contributed by atoms with Gasteiger partial charge in [-0.15, -0.1) is 11.8 Å². The Bertz CT molecular complexity index is 125. The van der Waals surface area contributed by atoms with Crippen molar-refractivity contribution in [2.45, 2.75) is 11.9 Å². The molecule has 58 valence electrons. The first-order valence-corrected chi connectivity index (χ1v) is 4.18. The molecule has 3 N–H and O–H groups in total. The van der Waals surface area contributed by atoms with Crippen LogP contribution in [0.1, 0.15) is 6.42 Å². The highest BCUT2D eigenvalue weighted by Crippen LogP contribution is 2.10. The fourth-order valence-corrected chi connectivity index (χ4v) is 1.74. The van der Waals surface area contributed by atoms with E-state index >= 15 is 0 Å². The van der Waals surface area contributed by atoms with Gasteiger partial charge in [-0.25, -0.2) is 4.79 Å². The molecule has 0 radical (unpaired) electrons. The van der Waals surface area contributed by atoms with Crippen LogP contribution in [0, 0.1) is 0 Å². The summed E-state index contributed by atoms with van der Waals surface area (Å²) in [5.74, 6) is 1.03. The summed E-state index contributed by atoms with van der Waals surface area (Å²) in [5, 5.41) is 13.7. The van der Waals surface area contributed by atoms with Crippen molar-refractivity contribution in [3.05, 3.63) is 0 Å². The first-order valence-electron chi connectivity index (χ1n) is 3.13. The average Bonchev–Trinajstić information content (AvgIpc) is 1.88. The van der Waals surface area contributed by atoms with E-state index < -0.39 is 6.09 Å². The van der Waals surface area contributed by atoms with Crippen molar-refractivity contribution < 1.29 is 9.90 Å². The molecule has 1 rings (SSSR count). The molecule has 0 bridgehead atoms. The number of nitrogens with one attached hydrogen (secondary N) is 2. The van der Waals surface area contributed by atoms with Gasteiger partial charge in [-0.2, -0.15) is 0 Å². The van der Waals surface area contributed by atoms with Crippen LogP contribution in [0.4, 0.5) is 4.79 Å². The van der Waals surface area contributed by atoms with Crippen LogP contribution in [0.15, 0.2) is 0 Å². The van der Waals surface area contributed by atoms with E-state index in [2.05, 4.69) is 10.6 Å². The summed E-state index contributed by atoms with van der Waals surface area (Å²) in [6.45, 7) is 0.901. The Morgan fingerprint density at radius 3 is 3.10 bits per heavy atom. The van der Waals surface area contributed by atoms with E-state index in [-0.39, 0.29) is 5.50 Å². The Labute approximate surface area is 63.4 Å². The predicted octanol–water partition coefficient (Wildman–Crippen LogP) is 0.264. The van der Waals surface area contributed by atoms with E-state index in [1.54, 1.807) is 11.8 Å². The van der Waals surface area contributed by atoms with Crippen molar-refractivity contribution in [3.8, 4) is 0 Å². The highest BCUT2D eigenvalue weighted by molar-refractivity contribution is 7.99. The Morgan fingerprint density at radius 1 is 1.80 bits per heavy atom. The average molecular weight is 162 g/mol. The normalized spacial score (nSPS) is 25.8. The van der Waals surface area contributed by atoms with Crippen molar-refractivity contribution in [2.24, 2.45) is 0 Å². The molecule has 1 fully saturated rings. The minimum absolute atomic E-state index is 0.105. The largest absolute Gasteiger partial charge is 0.465 e. The number of rotatable bonds is 1. The van der Waals surface area contributed by atoms with E-state index in [9.17, 15) is 4.79 Å². The third-order valence-electron chi connectivity index (χ3n) is 1.19. The second kappa shape index (κ2) is 3.68. The van der Waals surface area contributed by atoms with Gasteiger partial charge < -0.3 is 5.11 Å². The van der Waals surface area contributed by atoms with Gasteiger partial charge in [-0.3, -0.25) is 10.6 Å². The van der Waals surface area contributed by atoms with Crippen LogP contribution in [0.25, 0.3) is 0 Å². The van der Waals surface area contributed by atoms with Crippen molar-refractivity contribution in [1.82, 2.24) is 10.6 Å². The first-order chi connectivity index (χ1) is 4.79. The van der Waals surface area contributed by atoms with E-state index in [1.807, 2.05) is 0 Å². The Kier molecular flexibility index (Phi) is 2.82. The molecule has 1 atom stereocenters. The Hall–Kier alpha value is -0.420. The summed E-state index contributed by atoms with van der Waals surface area (Å²) < 4.78 is 0. The van der Waals surface area contributed by atoms with Crippen molar-refractivity contribution in [2.75, 3.05) is 12.3 Å². The van der Waals surface area contributed by atoms with Crippen LogP contribution in [0.5, 0.6) is 0 Å². The molecule has 0 aromatic heterocycles. The molecule has 1 unspecified atom stereocenters. The van der Waals surface area contributed by atoms with Crippen LogP contribution in [-0.2, 0) is 0 Å². The highest BCUT2D eigenvalue weighted by atomic mass is 32.2. The summed E-state index contributed by atoms with van der Waals surface area (Å²) in [7, 11) is 0. The monoisotopic (exact) mass is 162 g/mol. The zero-order chi connectivity index (χ0) is 7.40. The fourth-order valence-electron chi connectivity index (χ4n) is 0.770. The second-order valence-electron chi connectivity index (χ2n) is 2.01. The second-order valence-corrected chi connectivity index (χ2v) is 3.22. The zero-order valence-electron chi connectivity index (χ0n) is 5.46. The zero-order valence-corrected chi connectivity index (χ0v) is 6.28. The molecule has 4 nitrogen and oxygen atoms in total. The van der Waals surface area contributed by atoms with Crippen LogP contribution >= 0.6 is 11.8 Å². The van der Waals surface area contributed by atoms with E-state index in [4.69, 9.17) is 5.11 Å². The first kappa shape index (κ1) is 7.68. The number of carboxylic acid groups (broad SMARTS) is 1. The number of thioether (sulfide) groups is 1. The standard InChI is InChI=1S/C5H10N2O2S/c8-5(9)7-4-6-2-1-3-10-4/h4,6-7H,1-3H2,(H,8,9). The summed E-state index contributed by atoms with van der Waals surface area (Å²) in [5.41, 5.74) is -0.105. The van der Waals surface area contributed by atoms with Crippen LogP contribution in [0.2, 0.25) is 0 Å². The molecule has 5 heteroatoms. The van der Waals surface area contributed by atoms with Gasteiger partial charge in [0.15, 0.2) is 0 Å². The van der Waals surface area contributed by atoms with E-state index in [0.717, 1.165) is 18.7 Å². The van der Waals surface area contributed by atoms with Gasteiger partial charge in [0.05, 0.1) is 0 Å². The van der Waals surface area contributed by atoms with Gasteiger partial charge >= 0.3 is 6.09 Å². The smallest absolute Gasteiger partial charge is 0.406 e. The maximum absolute atomic E-state index is 10.1. The minimum atomic E-state index is -0.966. The third kappa shape index (κ3) is 2.45. The van der Waals surface area contributed by atoms with Crippen LogP contribution < -0.4 is 10.6 Å². The van der Waals surface area contributed by atoms with Crippen LogP contribution in [-0.4, -0.2) is 29.0 Å². The molecule has 1 aliphatic heterocycles. The topological polar surface area (TPSA) is 61.4 Å². The molecule has 1 aliphatic rings. The number of hydrogen-bond acceptors (Lipinski definition) is 3. The lowest BCUT2D eigenvalue weighted by Crippen LogP contribution is -2.45. The molecular weight excluding hydrogens is 152 g/mol. The fraction of sp³-hybridized carbons (Fsp3) is 0.800. The molecule has 10 heavy (non-hydrogen) atoms. The molecular formula is C5H10N2O2S. The molecule has 0 aromatic carbocycles. The lowest BCUT2D eigenvalue weighted by atomic mass is 10.5. The van der Waals surface area contributed by atoms with E-state index in [0.29, 0.717) is 0 Å². The number of hydrogen-bond donors (Lipinski definition) is 3. The van der Waals surface area contributed by atoms with Crippen molar-refractivity contribution in [3.63, 3.8) is 0 Å². The maximum Gasteiger partial charge on any atom is 0.406 e. The molecule has 1 saturated heterocycles. The van der Waals surface area contributed by atoms with Crippen molar-refractivity contribution >= 4 is 17.9 Å². The summed E-state index contributed by atoms with van der Waals surface area (Å²) in [6, 6.07) is 0. The van der Waals surface area contributed by atoms with E-state index in [1.165, 1.54) is 0 Å². The summed E-state index contributed by atoms with van der Waals surface area (Å²) in [4.78, 5) is 10.1. The predicted molar refractivity (Wildman–Crippen MR) is 40.0 cm³/mol. The Morgan fingerprint density at radius 2 is 2.60 bits per heavy atom. The molecule has 0 saturated carbocycles. The maximum atomic E-state index is 10.1. The molecule has 1 amide bonds. The highest BCUT2D eigenvalue weighted by Gasteiger charge is 2.13. The Balaban J connectivity index is 2.19. The molecule has 0 spiro atoms. The lowest BCUT2D eigenvalue weighted by Gasteiger charge is -2.22. The lowest BCUT2D eigenvalue weighted by molar-refractivity contribution is 0.192. The van der Waals surface area contributed by atoms with Crippen molar-refractivity contribution in [1.29, 1.82) is 0 Å². The quantitative estimate of drug-likeness (QED) is 0.517. The number of carbonyl (C=O) groups is 1. The minimum Gasteiger partial charge on any atom is -0.465 e. The van der Waals surface area contributed by atoms with Gasteiger partial charge in [0, 0.05) is 0 Å². The van der Waals surface area contributed by atoms with Gasteiger partial charge in [0.1, 0.15) is 5.50 Å². The number of amides is 1. The molecule has 1 heterocycles. The molecule has 0 aliphatic carbocycles. The van der Waals surface area contributed by atoms with Gasteiger partial charge in [0.25, 0.3) is 0 Å². The summed E-state index contributed by atoms with van der Waals surface area (Å²) in [6.07, 6.45) is 0.148. The third-order valence-corrected chi connectivity index (χ3v) is 2.33. The van der Waals surface area contributed by atoms with Crippen LogP contribution in [0.3, 0.4) is 0 Å².